The van der Waals surface area contributed by atoms with E-state index >= 15 is 0 Å². The summed E-state index contributed by atoms with van der Waals surface area (Å²) in [6.45, 7) is 1.42. The SMILES string of the molecule is CN(C)C(=NCc1ccccc1)NCC1Cc2ccccc2O1.I. The number of rotatable bonds is 4. The molecule has 1 unspecified atom stereocenters. The van der Waals surface area contributed by atoms with Crippen molar-refractivity contribution >= 4 is 29.9 Å². The summed E-state index contributed by atoms with van der Waals surface area (Å²) in [5.41, 5.74) is 2.49. The van der Waals surface area contributed by atoms with Gasteiger partial charge in [-0.2, -0.15) is 0 Å². The van der Waals surface area contributed by atoms with Crippen molar-refractivity contribution < 1.29 is 4.74 Å². The second kappa shape index (κ2) is 8.92. The van der Waals surface area contributed by atoms with Crippen LogP contribution in [-0.2, 0) is 13.0 Å². The van der Waals surface area contributed by atoms with E-state index in [1.54, 1.807) is 0 Å². The molecule has 0 fully saturated rings. The second-order valence-electron chi connectivity index (χ2n) is 5.95. The minimum atomic E-state index is 0. The van der Waals surface area contributed by atoms with Gasteiger partial charge in [0.05, 0.1) is 13.1 Å². The number of nitrogens with one attached hydrogen (secondary N) is 1. The predicted octanol–water partition coefficient (Wildman–Crippen LogP) is 3.32. The quantitative estimate of drug-likeness (QED) is 0.453. The maximum atomic E-state index is 5.96. The fourth-order valence-electron chi connectivity index (χ4n) is 2.68. The highest BCUT2D eigenvalue weighted by molar-refractivity contribution is 14.0. The third kappa shape index (κ3) is 4.87. The van der Waals surface area contributed by atoms with E-state index in [1.807, 2.05) is 49.3 Å². The van der Waals surface area contributed by atoms with Crippen LogP contribution >= 0.6 is 24.0 Å². The van der Waals surface area contributed by atoms with Crippen molar-refractivity contribution in [1.29, 1.82) is 0 Å². The van der Waals surface area contributed by atoms with E-state index in [-0.39, 0.29) is 30.1 Å². The van der Waals surface area contributed by atoms with Gasteiger partial charge < -0.3 is 15.0 Å². The lowest BCUT2D eigenvalue weighted by molar-refractivity contribution is 0.234. The summed E-state index contributed by atoms with van der Waals surface area (Å²) < 4.78 is 5.96. The summed E-state index contributed by atoms with van der Waals surface area (Å²) in [6.07, 6.45) is 1.11. The van der Waals surface area contributed by atoms with Crippen molar-refractivity contribution in [3.05, 3.63) is 65.7 Å². The average molecular weight is 437 g/mol. The van der Waals surface area contributed by atoms with Gasteiger partial charge in [0.1, 0.15) is 11.9 Å². The molecule has 24 heavy (non-hydrogen) atoms. The zero-order chi connectivity index (χ0) is 16.1. The first kappa shape index (κ1) is 18.6. The molecule has 1 heterocycles. The Morgan fingerprint density at radius 2 is 1.83 bits per heavy atom. The summed E-state index contributed by atoms with van der Waals surface area (Å²) in [5, 5.41) is 3.42. The zero-order valence-electron chi connectivity index (χ0n) is 14.1. The highest BCUT2D eigenvalue weighted by Gasteiger charge is 2.22. The Kier molecular flexibility index (Phi) is 6.90. The van der Waals surface area contributed by atoms with Crippen LogP contribution in [0.4, 0.5) is 0 Å². The van der Waals surface area contributed by atoms with Crippen LogP contribution in [-0.4, -0.2) is 37.6 Å². The molecule has 0 saturated heterocycles. The summed E-state index contributed by atoms with van der Waals surface area (Å²) in [5.74, 6) is 1.89. The molecule has 0 saturated carbocycles. The number of halogens is 1. The van der Waals surface area contributed by atoms with E-state index in [4.69, 9.17) is 4.74 Å². The van der Waals surface area contributed by atoms with Crippen molar-refractivity contribution in [2.24, 2.45) is 4.99 Å². The number of benzene rings is 2. The summed E-state index contributed by atoms with van der Waals surface area (Å²) in [7, 11) is 4.00. The molecule has 0 radical (unpaired) electrons. The molecule has 5 heteroatoms. The van der Waals surface area contributed by atoms with E-state index in [0.717, 1.165) is 24.7 Å². The Labute approximate surface area is 160 Å². The van der Waals surface area contributed by atoms with Crippen LogP contribution in [0, 0.1) is 0 Å². The van der Waals surface area contributed by atoms with E-state index in [9.17, 15) is 0 Å². The van der Waals surface area contributed by atoms with E-state index in [0.29, 0.717) is 6.54 Å². The van der Waals surface area contributed by atoms with Crippen LogP contribution in [0.1, 0.15) is 11.1 Å². The fraction of sp³-hybridized carbons (Fsp3) is 0.316. The van der Waals surface area contributed by atoms with E-state index in [2.05, 4.69) is 34.6 Å². The van der Waals surface area contributed by atoms with Gasteiger partial charge >= 0.3 is 0 Å². The van der Waals surface area contributed by atoms with E-state index < -0.39 is 0 Å². The minimum absolute atomic E-state index is 0. The molecule has 1 aliphatic heterocycles. The maximum Gasteiger partial charge on any atom is 0.193 e. The van der Waals surface area contributed by atoms with Gasteiger partial charge in [0.15, 0.2) is 5.96 Å². The smallest absolute Gasteiger partial charge is 0.193 e. The number of fused-ring (bicyclic) bond motifs is 1. The van der Waals surface area contributed by atoms with Crippen LogP contribution < -0.4 is 10.1 Å². The van der Waals surface area contributed by atoms with Gasteiger partial charge in [0, 0.05) is 20.5 Å². The predicted molar refractivity (Wildman–Crippen MR) is 109 cm³/mol. The maximum absolute atomic E-state index is 5.96. The van der Waals surface area contributed by atoms with Crippen molar-refractivity contribution in [3.8, 4) is 5.75 Å². The topological polar surface area (TPSA) is 36.9 Å². The van der Waals surface area contributed by atoms with Gasteiger partial charge in [-0.1, -0.05) is 48.5 Å². The van der Waals surface area contributed by atoms with Gasteiger partial charge in [-0.3, -0.25) is 0 Å². The molecule has 4 nitrogen and oxygen atoms in total. The molecule has 1 N–H and O–H groups in total. The number of ether oxygens (including phenoxy) is 1. The average Bonchev–Trinajstić information content (AvgIpc) is 2.98. The first-order valence-electron chi connectivity index (χ1n) is 7.96. The highest BCUT2D eigenvalue weighted by atomic mass is 127. The highest BCUT2D eigenvalue weighted by Crippen LogP contribution is 2.27. The van der Waals surface area contributed by atoms with Crippen molar-refractivity contribution in [2.75, 3.05) is 20.6 Å². The Morgan fingerprint density at radius 3 is 2.54 bits per heavy atom. The normalized spacial score (nSPS) is 15.9. The van der Waals surface area contributed by atoms with Crippen LogP contribution in [0.15, 0.2) is 59.6 Å². The number of guanidine groups is 1. The molecule has 1 aliphatic rings. The molecule has 3 rings (SSSR count). The number of hydrogen-bond donors (Lipinski definition) is 1. The third-order valence-electron chi connectivity index (χ3n) is 3.88. The van der Waals surface area contributed by atoms with Crippen molar-refractivity contribution in [1.82, 2.24) is 10.2 Å². The van der Waals surface area contributed by atoms with Crippen LogP contribution in [0.5, 0.6) is 5.75 Å². The van der Waals surface area contributed by atoms with Gasteiger partial charge in [-0.15, -0.1) is 24.0 Å². The largest absolute Gasteiger partial charge is 0.488 e. The molecule has 0 amide bonds. The van der Waals surface area contributed by atoms with Gasteiger partial charge in [0.2, 0.25) is 0 Å². The summed E-state index contributed by atoms with van der Waals surface area (Å²) in [4.78, 5) is 6.68. The Balaban J connectivity index is 0.00000208. The third-order valence-corrected chi connectivity index (χ3v) is 3.88. The molecule has 1 atom stereocenters. The van der Waals surface area contributed by atoms with Crippen LogP contribution in [0.2, 0.25) is 0 Å². The standard InChI is InChI=1S/C19H23N3O.HI/c1-22(2)19(20-13-15-8-4-3-5-9-15)21-14-17-12-16-10-6-7-11-18(16)23-17;/h3-11,17H,12-14H2,1-2H3,(H,20,21);1H. The monoisotopic (exact) mass is 437 g/mol. The number of para-hydroxylation sites is 1. The first-order valence-corrected chi connectivity index (χ1v) is 7.96. The number of nitrogens with zero attached hydrogens (tertiary/aromatic N) is 2. The Hall–Kier alpha value is -1.76. The molecule has 0 bridgehead atoms. The minimum Gasteiger partial charge on any atom is -0.488 e. The Morgan fingerprint density at radius 1 is 1.12 bits per heavy atom. The molecule has 128 valence electrons. The lowest BCUT2D eigenvalue weighted by atomic mass is 10.1. The number of aliphatic imine (C=N–C) groups is 1. The zero-order valence-corrected chi connectivity index (χ0v) is 16.4. The van der Waals surface area contributed by atoms with Gasteiger partial charge in [0.25, 0.3) is 0 Å². The molecule has 2 aromatic carbocycles. The summed E-state index contributed by atoms with van der Waals surface area (Å²) in [6, 6.07) is 18.5. The first-order chi connectivity index (χ1) is 11.2. The lowest BCUT2D eigenvalue weighted by Gasteiger charge is -2.20. The van der Waals surface area contributed by atoms with Crippen molar-refractivity contribution in [2.45, 2.75) is 19.1 Å². The fourth-order valence-corrected chi connectivity index (χ4v) is 2.68. The van der Waals surface area contributed by atoms with E-state index in [1.165, 1.54) is 11.1 Å². The molecular formula is C19H24IN3O. The molecule has 0 spiro atoms. The van der Waals surface area contributed by atoms with Crippen molar-refractivity contribution in [3.63, 3.8) is 0 Å². The Bertz CT molecular complexity index is 648. The number of hydrogen-bond acceptors (Lipinski definition) is 2. The van der Waals surface area contributed by atoms with Crippen LogP contribution in [0.25, 0.3) is 0 Å². The van der Waals surface area contributed by atoms with Gasteiger partial charge in [-0.05, 0) is 17.2 Å². The molecular weight excluding hydrogens is 413 g/mol. The van der Waals surface area contributed by atoms with Crippen LogP contribution in [0.3, 0.4) is 0 Å². The molecule has 2 aromatic rings. The summed E-state index contributed by atoms with van der Waals surface area (Å²) >= 11 is 0. The van der Waals surface area contributed by atoms with Gasteiger partial charge in [-0.25, -0.2) is 4.99 Å². The lowest BCUT2D eigenvalue weighted by Crippen LogP contribution is -2.41. The molecule has 0 aromatic heterocycles. The molecule has 0 aliphatic carbocycles. The second-order valence-corrected chi connectivity index (χ2v) is 5.95.